The van der Waals surface area contributed by atoms with E-state index < -0.39 is 145 Å². The van der Waals surface area contributed by atoms with Crippen molar-refractivity contribution in [3.63, 3.8) is 0 Å². The zero-order valence-corrected chi connectivity index (χ0v) is 27.6. The van der Waals surface area contributed by atoms with Crippen LogP contribution in [-0.4, -0.2) is 104 Å². The molecule has 5 aromatic rings. The van der Waals surface area contributed by atoms with E-state index in [-0.39, 0.29) is 5.56 Å². The summed E-state index contributed by atoms with van der Waals surface area (Å²) in [7, 11) is 0. The van der Waals surface area contributed by atoms with Gasteiger partial charge >= 0.3 is 11.9 Å². The van der Waals surface area contributed by atoms with E-state index in [1.54, 1.807) is 0 Å². The topological polar surface area (TPSA) is 344 Å². The Hall–Kier alpha value is -7.45. The summed E-state index contributed by atoms with van der Waals surface area (Å²) in [4.78, 5) is 40.9. The van der Waals surface area contributed by atoms with Gasteiger partial charge in [-0.25, -0.2) is 9.59 Å². The average molecular weight is 769 g/mol. The smallest absolute Gasteiger partial charge is 0.339 e. The molecule has 4 aromatic carbocycles. The number of carbonyl (C=O) groups is 2. The zero-order valence-electron chi connectivity index (χ0n) is 27.6. The molecular formula is C35H28O20. The molecule has 6 rings (SSSR count). The highest BCUT2D eigenvalue weighted by atomic mass is 16.7. The molecule has 1 aromatic heterocycles. The van der Waals surface area contributed by atoms with Crippen molar-refractivity contribution in [3.8, 4) is 80.3 Å². The van der Waals surface area contributed by atoms with E-state index in [1.165, 1.54) is 6.92 Å². The van der Waals surface area contributed by atoms with Crippen molar-refractivity contribution in [2.45, 2.75) is 37.6 Å². The standard InChI is InChI=1S/C35H28O20/c1-10-24(44)30(53-33(49)12-4-18(40)26(46)19(41)5-12)32(54-34(50)13-6-20(42)27(47)21(43)7-13)35(51-10)55-31-28(48)23-15(37)8-14(36)9-22(23)52-29(31)11-2-16(38)25(45)17(39)3-11/h2-10,24,30,32,35-47H,1H3/t10-,24-,30+,32+,35-/m1/s1. The van der Waals surface area contributed by atoms with Crippen molar-refractivity contribution in [2.75, 3.05) is 0 Å². The fourth-order valence-electron chi connectivity index (χ4n) is 5.58. The first-order valence-electron chi connectivity index (χ1n) is 15.6. The van der Waals surface area contributed by atoms with Crippen LogP contribution in [0.1, 0.15) is 27.6 Å². The third-order valence-corrected chi connectivity index (χ3v) is 8.34. The summed E-state index contributed by atoms with van der Waals surface area (Å²) >= 11 is 0. The Morgan fingerprint density at radius 1 is 0.618 bits per heavy atom. The summed E-state index contributed by atoms with van der Waals surface area (Å²) in [6.45, 7) is 1.22. The Morgan fingerprint density at radius 3 is 1.56 bits per heavy atom. The van der Waals surface area contributed by atoms with E-state index in [1.807, 2.05) is 0 Å². The maximum absolute atomic E-state index is 14.1. The number of carbonyl (C=O) groups excluding carboxylic acids is 2. The van der Waals surface area contributed by atoms with Gasteiger partial charge in [0.15, 0.2) is 63.6 Å². The fourth-order valence-corrected chi connectivity index (χ4v) is 5.58. The van der Waals surface area contributed by atoms with E-state index in [9.17, 15) is 75.7 Å². The van der Waals surface area contributed by atoms with Crippen LogP contribution in [0.15, 0.2) is 57.7 Å². The van der Waals surface area contributed by atoms with Crippen LogP contribution in [0.4, 0.5) is 0 Å². The number of rotatable bonds is 7. The molecule has 20 nitrogen and oxygen atoms in total. The van der Waals surface area contributed by atoms with E-state index in [2.05, 4.69) is 0 Å². The first-order valence-corrected chi connectivity index (χ1v) is 15.6. The van der Waals surface area contributed by atoms with Gasteiger partial charge < -0.3 is 84.6 Å². The first-order chi connectivity index (χ1) is 25.9. The number of fused-ring (bicyclic) bond motifs is 1. The maximum Gasteiger partial charge on any atom is 0.339 e. The summed E-state index contributed by atoms with van der Waals surface area (Å²) in [6, 6.07) is 6.02. The molecule has 20 heteroatoms. The number of ether oxygens (including phenoxy) is 4. The number of aliphatic hydroxyl groups is 1. The second-order valence-corrected chi connectivity index (χ2v) is 12.1. The lowest BCUT2D eigenvalue weighted by atomic mass is 9.98. The molecule has 0 amide bonds. The molecule has 0 aliphatic carbocycles. The number of hydrogen-bond donors (Lipinski definition) is 12. The van der Waals surface area contributed by atoms with Gasteiger partial charge in [-0.15, -0.1) is 0 Å². The lowest BCUT2D eigenvalue weighted by molar-refractivity contribution is -0.267. The number of esters is 2. The van der Waals surface area contributed by atoms with Crippen LogP contribution in [0.2, 0.25) is 0 Å². The number of hydrogen-bond acceptors (Lipinski definition) is 20. The number of phenols is 11. The van der Waals surface area contributed by atoms with Crippen molar-refractivity contribution in [2.24, 2.45) is 0 Å². The van der Waals surface area contributed by atoms with Gasteiger partial charge in [0.25, 0.3) is 0 Å². The van der Waals surface area contributed by atoms with Crippen LogP contribution in [0.25, 0.3) is 22.3 Å². The second kappa shape index (κ2) is 13.8. The minimum absolute atomic E-state index is 0.368. The molecule has 0 radical (unpaired) electrons. The lowest BCUT2D eigenvalue weighted by Crippen LogP contribution is -2.61. The van der Waals surface area contributed by atoms with Crippen molar-refractivity contribution in [3.05, 3.63) is 69.9 Å². The largest absolute Gasteiger partial charge is 0.508 e. The minimum Gasteiger partial charge on any atom is -0.508 e. The molecule has 0 unspecified atom stereocenters. The molecule has 1 aliphatic heterocycles. The molecule has 55 heavy (non-hydrogen) atoms. The molecule has 5 atom stereocenters. The molecule has 0 spiro atoms. The van der Waals surface area contributed by atoms with Gasteiger partial charge in [-0.3, -0.25) is 4.79 Å². The van der Waals surface area contributed by atoms with Crippen LogP contribution in [0.3, 0.4) is 0 Å². The summed E-state index contributed by atoms with van der Waals surface area (Å²) < 4.78 is 28.4. The third-order valence-electron chi connectivity index (χ3n) is 8.34. The number of phenolic OH excluding ortho intramolecular Hbond substituents is 11. The minimum atomic E-state index is -2.17. The summed E-state index contributed by atoms with van der Waals surface area (Å²) in [6.07, 6.45) is -9.69. The summed E-state index contributed by atoms with van der Waals surface area (Å²) in [5.74, 6) is -14.5. The SMILES string of the molecule is C[C@H]1O[C@H](Oc2c(-c3cc(O)c(O)c(O)c3)oc3cc(O)cc(O)c3c2=O)[C@@H](OC(=O)c2cc(O)c(O)c(O)c2)[C@@H](OC(=O)c2cc(O)c(O)c(O)c2)[C@@H]1O. The molecule has 2 heterocycles. The van der Waals surface area contributed by atoms with E-state index in [0.29, 0.717) is 24.3 Å². The monoisotopic (exact) mass is 768 g/mol. The van der Waals surface area contributed by atoms with Gasteiger partial charge in [0.2, 0.25) is 23.6 Å². The van der Waals surface area contributed by atoms with Gasteiger partial charge in [0.1, 0.15) is 28.6 Å². The highest BCUT2D eigenvalue weighted by Gasteiger charge is 2.50. The van der Waals surface area contributed by atoms with Crippen LogP contribution < -0.4 is 10.2 Å². The molecule has 0 bridgehead atoms. The number of aliphatic hydroxyl groups excluding tert-OH is 1. The van der Waals surface area contributed by atoms with Crippen LogP contribution in [0, 0.1) is 0 Å². The highest BCUT2D eigenvalue weighted by Crippen LogP contribution is 2.44. The zero-order chi connectivity index (χ0) is 40.2. The summed E-state index contributed by atoms with van der Waals surface area (Å²) in [5.41, 5.74) is -3.29. The molecule has 12 N–H and O–H groups in total. The van der Waals surface area contributed by atoms with Crippen LogP contribution in [0.5, 0.6) is 69.0 Å². The quantitative estimate of drug-likeness (QED) is 0.0833. The van der Waals surface area contributed by atoms with Crippen LogP contribution >= 0.6 is 0 Å². The van der Waals surface area contributed by atoms with Gasteiger partial charge in [-0.1, -0.05) is 0 Å². The Morgan fingerprint density at radius 2 is 1.07 bits per heavy atom. The van der Waals surface area contributed by atoms with Crippen molar-refractivity contribution in [1.82, 2.24) is 0 Å². The Bertz CT molecular complexity index is 2370. The second-order valence-electron chi connectivity index (χ2n) is 12.1. The molecule has 1 aliphatic rings. The fraction of sp³-hybridized carbons (Fsp3) is 0.171. The van der Waals surface area contributed by atoms with Crippen molar-refractivity contribution in [1.29, 1.82) is 0 Å². The highest BCUT2D eigenvalue weighted by molar-refractivity contribution is 5.92. The Kier molecular flexibility index (Phi) is 9.39. The van der Waals surface area contributed by atoms with Gasteiger partial charge in [-0.2, -0.15) is 0 Å². The van der Waals surface area contributed by atoms with Gasteiger partial charge in [0, 0.05) is 17.7 Å². The predicted octanol–water partition coefficient (Wildman–Crippen LogP) is 2.16. The van der Waals surface area contributed by atoms with Gasteiger partial charge in [-0.05, 0) is 43.3 Å². The Balaban J connectivity index is 1.51. The third kappa shape index (κ3) is 6.80. The molecule has 1 saturated heterocycles. The molecule has 0 saturated carbocycles. The van der Waals surface area contributed by atoms with E-state index in [4.69, 9.17) is 23.4 Å². The lowest BCUT2D eigenvalue weighted by Gasteiger charge is -2.42. The van der Waals surface area contributed by atoms with Gasteiger partial charge in [0.05, 0.1) is 17.2 Å². The number of benzene rings is 4. The predicted molar refractivity (Wildman–Crippen MR) is 178 cm³/mol. The molecule has 1 fully saturated rings. The first kappa shape index (κ1) is 37.3. The normalized spacial score (nSPS) is 19.5. The van der Waals surface area contributed by atoms with Crippen LogP contribution in [-0.2, 0) is 14.2 Å². The maximum atomic E-state index is 14.1. The average Bonchev–Trinajstić information content (AvgIpc) is 3.11. The van der Waals surface area contributed by atoms with Crippen molar-refractivity contribution >= 4 is 22.9 Å². The summed E-state index contributed by atoms with van der Waals surface area (Å²) in [5, 5.41) is 121. The van der Waals surface area contributed by atoms with Crippen molar-refractivity contribution < 1.29 is 94.2 Å². The Labute approximate surface area is 304 Å². The number of aromatic hydroxyl groups is 11. The van der Waals surface area contributed by atoms with E-state index >= 15 is 0 Å². The van der Waals surface area contributed by atoms with E-state index in [0.717, 1.165) is 24.3 Å². The molecular weight excluding hydrogens is 740 g/mol. The molecule has 288 valence electrons.